The monoisotopic (exact) mass is 252 g/mol. The van der Waals surface area contributed by atoms with Crippen molar-refractivity contribution in [3.63, 3.8) is 0 Å². The van der Waals surface area contributed by atoms with Gasteiger partial charge in [-0.05, 0) is 19.1 Å². The molecule has 0 aliphatic carbocycles. The molecule has 2 heterocycles. The number of carboxylic acid groups (broad SMARTS) is 1. The number of hydrogen-bond acceptors (Lipinski definition) is 5. The summed E-state index contributed by atoms with van der Waals surface area (Å²) in [5, 5.41) is 18.1. The third-order valence-corrected chi connectivity index (χ3v) is 3.00. The van der Waals surface area contributed by atoms with Crippen LogP contribution in [0.3, 0.4) is 0 Å². The molecule has 1 fully saturated rings. The van der Waals surface area contributed by atoms with E-state index in [0.717, 1.165) is 5.69 Å². The zero-order chi connectivity index (χ0) is 13.1. The van der Waals surface area contributed by atoms with Crippen molar-refractivity contribution >= 4 is 11.7 Å². The number of aliphatic hydroxyl groups excluding tert-OH is 1. The molecule has 2 rings (SSSR count). The molecule has 1 aliphatic rings. The van der Waals surface area contributed by atoms with Gasteiger partial charge in [0.1, 0.15) is 5.69 Å². The average Bonchev–Trinajstić information content (AvgIpc) is 2.39. The first kappa shape index (κ1) is 12.8. The molecule has 1 aromatic rings. The minimum atomic E-state index is -1.04. The van der Waals surface area contributed by atoms with Crippen LogP contribution in [0.4, 0.5) is 5.69 Å². The van der Waals surface area contributed by atoms with E-state index < -0.39 is 5.97 Å². The lowest BCUT2D eigenvalue weighted by molar-refractivity contribution is -0.0103. The van der Waals surface area contributed by atoms with E-state index in [-0.39, 0.29) is 24.4 Å². The number of anilines is 1. The molecular formula is C12H16N2O4. The van der Waals surface area contributed by atoms with Gasteiger partial charge in [0.05, 0.1) is 19.3 Å². The molecule has 1 aromatic heterocycles. The highest BCUT2D eigenvalue weighted by atomic mass is 16.5. The van der Waals surface area contributed by atoms with Gasteiger partial charge in [0.15, 0.2) is 0 Å². The van der Waals surface area contributed by atoms with Crippen molar-refractivity contribution in [1.82, 2.24) is 4.98 Å². The fourth-order valence-corrected chi connectivity index (χ4v) is 2.00. The van der Waals surface area contributed by atoms with Gasteiger partial charge in [-0.2, -0.15) is 0 Å². The molecule has 18 heavy (non-hydrogen) atoms. The first-order valence-electron chi connectivity index (χ1n) is 5.80. The number of nitrogens with zero attached hydrogens (tertiary/aromatic N) is 2. The molecular weight excluding hydrogens is 236 g/mol. The van der Waals surface area contributed by atoms with Crippen molar-refractivity contribution in [2.24, 2.45) is 0 Å². The van der Waals surface area contributed by atoms with Gasteiger partial charge in [-0.25, -0.2) is 9.78 Å². The standard InChI is InChI=1S/C12H16N2O4/c1-8-7-18-10(6-15)5-14(8)9-2-3-13-11(4-9)12(16)17/h2-4,8,10,15H,5-7H2,1H3,(H,16,17). The summed E-state index contributed by atoms with van der Waals surface area (Å²) >= 11 is 0. The number of morpholine rings is 1. The van der Waals surface area contributed by atoms with E-state index in [2.05, 4.69) is 4.98 Å². The van der Waals surface area contributed by atoms with Gasteiger partial charge in [-0.3, -0.25) is 0 Å². The van der Waals surface area contributed by atoms with Crippen LogP contribution in [0, 0.1) is 0 Å². The normalized spacial score (nSPS) is 24.0. The highest BCUT2D eigenvalue weighted by molar-refractivity contribution is 5.86. The van der Waals surface area contributed by atoms with E-state index in [4.69, 9.17) is 14.9 Å². The summed E-state index contributed by atoms with van der Waals surface area (Å²) in [6.07, 6.45) is 1.25. The molecule has 1 saturated heterocycles. The zero-order valence-corrected chi connectivity index (χ0v) is 10.1. The predicted molar refractivity (Wildman–Crippen MR) is 64.8 cm³/mol. The molecule has 0 bridgehead atoms. The maximum atomic E-state index is 10.9. The van der Waals surface area contributed by atoms with E-state index in [0.29, 0.717) is 13.2 Å². The highest BCUT2D eigenvalue weighted by Gasteiger charge is 2.26. The van der Waals surface area contributed by atoms with Crippen LogP contribution >= 0.6 is 0 Å². The minimum Gasteiger partial charge on any atom is -0.477 e. The Morgan fingerprint density at radius 1 is 1.67 bits per heavy atom. The molecule has 2 atom stereocenters. The molecule has 6 heteroatoms. The smallest absolute Gasteiger partial charge is 0.354 e. The maximum Gasteiger partial charge on any atom is 0.354 e. The number of pyridine rings is 1. The van der Waals surface area contributed by atoms with Gasteiger partial charge in [-0.1, -0.05) is 0 Å². The number of hydrogen-bond donors (Lipinski definition) is 2. The van der Waals surface area contributed by atoms with Crippen LogP contribution in [0.25, 0.3) is 0 Å². The Morgan fingerprint density at radius 2 is 2.44 bits per heavy atom. The third kappa shape index (κ3) is 2.60. The van der Waals surface area contributed by atoms with E-state index in [1.54, 1.807) is 12.1 Å². The second kappa shape index (κ2) is 5.32. The molecule has 2 unspecified atom stereocenters. The van der Waals surface area contributed by atoms with Crippen LogP contribution in [0.2, 0.25) is 0 Å². The molecule has 0 saturated carbocycles. The number of carbonyl (C=O) groups is 1. The van der Waals surface area contributed by atoms with E-state index in [1.807, 2.05) is 11.8 Å². The van der Waals surface area contributed by atoms with Gasteiger partial charge >= 0.3 is 5.97 Å². The van der Waals surface area contributed by atoms with Crippen molar-refractivity contribution in [2.75, 3.05) is 24.7 Å². The Morgan fingerprint density at radius 3 is 3.11 bits per heavy atom. The van der Waals surface area contributed by atoms with Crippen molar-refractivity contribution < 1.29 is 19.7 Å². The molecule has 0 amide bonds. The zero-order valence-electron chi connectivity index (χ0n) is 10.1. The molecule has 0 aromatic carbocycles. The summed E-state index contributed by atoms with van der Waals surface area (Å²) in [6.45, 7) is 3.01. The van der Waals surface area contributed by atoms with Crippen LogP contribution in [-0.2, 0) is 4.74 Å². The summed E-state index contributed by atoms with van der Waals surface area (Å²) in [4.78, 5) is 16.7. The molecule has 1 aliphatic heterocycles. The number of ether oxygens (including phenoxy) is 1. The van der Waals surface area contributed by atoms with Crippen LogP contribution < -0.4 is 4.90 Å². The topological polar surface area (TPSA) is 82.9 Å². The van der Waals surface area contributed by atoms with Gasteiger partial charge in [0.2, 0.25) is 0 Å². The third-order valence-electron chi connectivity index (χ3n) is 3.00. The van der Waals surface area contributed by atoms with Gasteiger partial charge < -0.3 is 19.8 Å². The number of carboxylic acids is 1. The molecule has 0 spiro atoms. The van der Waals surface area contributed by atoms with Crippen molar-refractivity contribution in [1.29, 1.82) is 0 Å². The first-order valence-corrected chi connectivity index (χ1v) is 5.80. The summed E-state index contributed by atoms with van der Waals surface area (Å²) < 4.78 is 5.45. The fourth-order valence-electron chi connectivity index (χ4n) is 2.00. The van der Waals surface area contributed by atoms with Crippen LogP contribution in [0.1, 0.15) is 17.4 Å². The number of rotatable bonds is 3. The van der Waals surface area contributed by atoms with Gasteiger partial charge in [0.25, 0.3) is 0 Å². The summed E-state index contributed by atoms with van der Waals surface area (Å²) in [6, 6.07) is 3.44. The van der Waals surface area contributed by atoms with E-state index in [9.17, 15) is 4.79 Å². The second-order valence-electron chi connectivity index (χ2n) is 4.34. The van der Waals surface area contributed by atoms with E-state index >= 15 is 0 Å². The fraction of sp³-hybridized carbons (Fsp3) is 0.500. The Labute approximate surface area is 105 Å². The number of aromatic nitrogens is 1. The highest BCUT2D eigenvalue weighted by Crippen LogP contribution is 2.21. The first-order chi connectivity index (χ1) is 8.61. The lowest BCUT2D eigenvalue weighted by Gasteiger charge is -2.39. The molecule has 2 N–H and O–H groups in total. The summed E-state index contributed by atoms with van der Waals surface area (Å²) in [5.41, 5.74) is 0.809. The Balaban J connectivity index is 2.23. The number of aliphatic hydroxyl groups is 1. The minimum absolute atomic E-state index is 0.0201. The van der Waals surface area contributed by atoms with E-state index in [1.165, 1.54) is 6.20 Å². The molecule has 98 valence electrons. The maximum absolute atomic E-state index is 10.9. The molecule has 6 nitrogen and oxygen atoms in total. The Hall–Kier alpha value is -1.66. The Bertz CT molecular complexity index is 438. The average molecular weight is 252 g/mol. The largest absolute Gasteiger partial charge is 0.477 e. The quantitative estimate of drug-likeness (QED) is 0.808. The van der Waals surface area contributed by atoms with Crippen LogP contribution in [0.5, 0.6) is 0 Å². The van der Waals surface area contributed by atoms with Crippen molar-refractivity contribution in [3.8, 4) is 0 Å². The SMILES string of the molecule is CC1COC(CO)CN1c1ccnc(C(=O)O)c1. The molecule has 0 radical (unpaired) electrons. The predicted octanol–water partition coefficient (Wildman–Crippen LogP) is 0.366. The number of aromatic carboxylic acids is 1. The van der Waals surface area contributed by atoms with Gasteiger partial charge in [0, 0.05) is 24.5 Å². The van der Waals surface area contributed by atoms with Crippen LogP contribution in [-0.4, -0.2) is 53.1 Å². The van der Waals surface area contributed by atoms with Crippen molar-refractivity contribution in [2.45, 2.75) is 19.1 Å². The second-order valence-corrected chi connectivity index (χ2v) is 4.34. The lowest BCUT2D eigenvalue weighted by atomic mass is 10.1. The summed E-state index contributed by atoms with van der Waals surface area (Å²) in [7, 11) is 0. The van der Waals surface area contributed by atoms with Crippen molar-refractivity contribution in [3.05, 3.63) is 24.0 Å². The van der Waals surface area contributed by atoms with Crippen LogP contribution in [0.15, 0.2) is 18.3 Å². The lowest BCUT2D eigenvalue weighted by Crippen LogP contribution is -2.49. The summed E-state index contributed by atoms with van der Waals surface area (Å²) in [5.74, 6) is -1.04. The van der Waals surface area contributed by atoms with Gasteiger partial charge in [-0.15, -0.1) is 0 Å². The Kier molecular flexibility index (Phi) is 3.78.